The quantitative estimate of drug-likeness (QED) is 0.699. The number of amides is 1. The second kappa shape index (κ2) is 10.6. The summed E-state index contributed by atoms with van der Waals surface area (Å²) < 4.78 is 5.80. The fraction of sp³-hybridized carbons (Fsp3) is 0.391. The smallest absolute Gasteiger partial charge is 0.251 e. The van der Waals surface area contributed by atoms with Crippen molar-refractivity contribution in [2.75, 3.05) is 46.3 Å². The summed E-state index contributed by atoms with van der Waals surface area (Å²) in [4.78, 5) is 17.2. The molecule has 1 heterocycles. The molecule has 1 aliphatic rings. The molecule has 0 atom stereocenters. The van der Waals surface area contributed by atoms with Gasteiger partial charge in [0.05, 0.1) is 11.6 Å². The van der Waals surface area contributed by atoms with E-state index in [4.69, 9.17) is 10.00 Å². The standard InChI is InChI=1S/C23H28N4O2/c1-26-12-14-27(15-13-26)11-5-10-25-23(28)19-8-4-9-22(16-19)29-18-21-7-3-2-6-20(21)17-24/h2-4,6-9,16H,5,10-15,18H2,1H3,(H,25,28). The zero-order valence-electron chi connectivity index (χ0n) is 16.9. The van der Waals surface area contributed by atoms with E-state index in [1.807, 2.05) is 30.3 Å². The topological polar surface area (TPSA) is 68.6 Å². The minimum Gasteiger partial charge on any atom is -0.489 e. The molecule has 0 bridgehead atoms. The van der Waals surface area contributed by atoms with Gasteiger partial charge in [0.15, 0.2) is 0 Å². The lowest BCUT2D eigenvalue weighted by molar-refractivity contribution is 0.0949. The maximum atomic E-state index is 12.4. The van der Waals surface area contributed by atoms with Gasteiger partial charge in [-0.2, -0.15) is 5.26 Å². The number of nitriles is 1. The van der Waals surface area contributed by atoms with Crippen LogP contribution in [0.1, 0.15) is 27.9 Å². The van der Waals surface area contributed by atoms with E-state index < -0.39 is 0 Å². The number of likely N-dealkylation sites (N-methyl/N-ethyl adjacent to an activating group) is 1. The zero-order valence-corrected chi connectivity index (χ0v) is 16.9. The molecular formula is C23H28N4O2. The van der Waals surface area contributed by atoms with E-state index >= 15 is 0 Å². The summed E-state index contributed by atoms with van der Waals surface area (Å²) in [5, 5.41) is 12.2. The van der Waals surface area contributed by atoms with E-state index in [9.17, 15) is 4.79 Å². The van der Waals surface area contributed by atoms with Crippen molar-refractivity contribution >= 4 is 5.91 Å². The maximum Gasteiger partial charge on any atom is 0.251 e. The van der Waals surface area contributed by atoms with Crippen molar-refractivity contribution in [1.82, 2.24) is 15.1 Å². The Morgan fingerprint density at radius 1 is 1.14 bits per heavy atom. The average molecular weight is 393 g/mol. The van der Waals surface area contributed by atoms with Gasteiger partial charge in [0.2, 0.25) is 0 Å². The van der Waals surface area contributed by atoms with Crippen LogP contribution in [0.4, 0.5) is 0 Å². The number of nitrogens with one attached hydrogen (secondary N) is 1. The Morgan fingerprint density at radius 2 is 1.93 bits per heavy atom. The van der Waals surface area contributed by atoms with Crippen molar-refractivity contribution < 1.29 is 9.53 Å². The number of hydrogen-bond donors (Lipinski definition) is 1. The van der Waals surface area contributed by atoms with E-state index in [1.54, 1.807) is 18.2 Å². The number of carbonyl (C=O) groups is 1. The van der Waals surface area contributed by atoms with Gasteiger partial charge in [0.1, 0.15) is 12.4 Å². The van der Waals surface area contributed by atoms with Crippen molar-refractivity contribution in [1.29, 1.82) is 5.26 Å². The summed E-state index contributed by atoms with van der Waals surface area (Å²) >= 11 is 0. The molecule has 2 aromatic rings. The van der Waals surface area contributed by atoms with Crippen LogP contribution in [-0.4, -0.2) is 62.0 Å². The summed E-state index contributed by atoms with van der Waals surface area (Å²) in [5.74, 6) is 0.522. The molecule has 3 rings (SSSR count). The number of carbonyl (C=O) groups excluding carboxylic acids is 1. The Morgan fingerprint density at radius 3 is 2.72 bits per heavy atom. The Balaban J connectivity index is 1.45. The molecule has 152 valence electrons. The SMILES string of the molecule is CN1CCN(CCCNC(=O)c2cccc(OCc3ccccc3C#N)c2)CC1. The molecule has 1 fully saturated rings. The molecule has 0 spiro atoms. The lowest BCUT2D eigenvalue weighted by Crippen LogP contribution is -2.45. The first kappa shape index (κ1) is 20.8. The zero-order chi connectivity index (χ0) is 20.5. The van der Waals surface area contributed by atoms with Crippen molar-refractivity contribution in [3.63, 3.8) is 0 Å². The molecule has 0 aromatic heterocycles. The summed E-state index contributed by atoms with van der Waals surface area (Å²) in [5.41, 5.74) is 2.01. The fourth-order valence-corrected chi connectivity index (χ4v) is 3.32. The molecule has 1 saturated heterocycles. The van der Waals surface area contributed by atoms with Crippen LogP contribution in [0.25, 0.3) is 0 Å². The number of nitrogens with zero attached hydrogens (tertiary/aromatic N) is 3. The largest absolute Gasteiger partial charge is 0.489 e. The van der Waals surface area contributed by atoms with Crippen LogP contribution in [0.2, 0.25) is 0 Å². The predicted octanol–water partition coefficient (Wildman–Crippen LogP) is 2.50. The first-order valence-electron chi connectivity index (χ1n) is 10.1. The second-order valence-electron chi connectivity index (χ2n) is 7.34. The Kier molecular flexibility index (Phi) is 7.62. The molecule has 29 heavy (non-hydrogen) atoms. The molecule has 0 radical (unpaired) electrons. The Hall–Kier alpha value is -2.88. The monoisotopic (exact) mass is 392 g/mol. The molecule has 1 N–H and O–H groups in total. The lowest BCUT2D eigenvalue weighted by Gasteiger charge is -2.32. The van der Waals surface area contributed by atoms with Gasteiger partial charge in [-0.15, -0.1) is 0 Å². The van der Waals surface area contributed by atoms with Crippen molar-refractivity contribution in [2.45, 2.75) is 13.0 Å². The van der Waals surface area contributed by atoms with Crippen LogP contribution in [0.3, 0.4) is 0 Å². The molecule has 0 saturated carbocycles. The highest BCUT2D eigenvalue weighted by Crippen LogP contribution is 2.16. The average Bonchev–Trinajstić information content (AvgIpc) is 2.76. The molecule has 1 amide bonds. The first-order chi connectivity index (χ1) is 14.2. The van der Waals surface area contributed by atoms with Gasteiger partial charge in [-0.05, 0) is 44.3 Å². The fourth-order valence-electron chi connectivity index (χ4n) is 3.32. The van der Waals surface area contributed by atoms with Gasteiger partial charge in [-0.3, -0.25) is 4.79 Å². The first-order valence-corrected chi connectivity index (χ1v) is 10.1. The van der Waals surface area contributed by atoms with Crippen LogP contribution in [-0.2, 0) is 6.61 Å². The number of piperazine rings is 1. The third-order valence-electron chi connectivity index (χ3n) is 5.16. The maximum absolute atomic E-state index is 12.4. The normalized spacial score (nSPS) is 14.9. The highest BCUT2D eigenvalue weighted by atomic mass is 16.5. The number of rotatable bonds is 8. The minimum atomic E-state index is -0.0914. The highest BCUT2D eigenvalue weighted by Gasteiger charge is 2.13. The highest BCUT2D eigenvalue weighted by molar-refractivity contribution is 5.94. The Bertz CT molecular complexity index is 854. The molecule has 0 aliphatic carbocycles. The van der Waals surface area contributed by atoms with Gasteiger partial charge in [-0.1, -0.05) is 24.3 Å². The van der Waals surface area contributed by atoms with Crippen LogP contribution >= 0.6 is 0 Å². The Labute approximate surface area is 172 Å². The van der Waals surface area contributed by atoms with Crippen molar-refractivity contribution in [3.05, 3.63) is 65.2 Å². The van der Waals surface area contributed by atoms with E-state index in [0.717, 1.165) is 44.7 Å². The summed E-state index contributed by atoms with van der Waals surface area (Å²) in [6, 6.07) is 16.7. The van der Waals surface area contributed by atoms with E-state index in [0.29, 0.717) is 30.0 Å². The van der Waals surface area contributed by atoms with Gasteiger partial charge in [0, 0.05) is 43.9 Å². The van der Waals surface area contributed by atoms with Crippen LogP contribution < -0.4 is 10.1 Å². The molecule has 6 nitrogen and oxygen atoms in total. The van der Waals surface area contributed by atoms with Crippen LogP contribution in [0.5, 0.6) is 5.75 Å². The molecule has 6 heteroatoms. The number of ether oxygens (including phenoxy) is 1. The van der Waals surface area contributed by atoms with Gasteiger partial charge < -0.3 is 19.9 Å². The molecule has 2 aromatic carbocycles. The third kappa shape index (κ3) is 6.31. The molecule has 0 unspecified atom stereocenters. The predicted molar refractivity (Wildman–Crippen MR) is 113 cm³/mol. The van der Waals surface area contributed by atoms with E-state index in [-0.39, 0.29) is 5.91 Å². The van der Waals surface area contributed by atoms with E-state index in [2.05, 4.69) is 28.2 Å². The minimum absolute atomic E-state index is 0.0914. The van der Waals surface area contributed by atoms with Gasteiger partial charge >= 0.3 is 0 Å². The van der Waals surface area contributed by atoms with Crippen LogP contribution in [0.15, 0.2) is 48.5 Å². The summed E-state index contributed by atoms with van der Waals surface area (Å²) in [7, 11) is 2.15. The molecular weight excluding hydrogens is 364 g/mol. The summed E-state index contributed by atoms with van der Waals surface area (Å²) in [6.07, 6.45) is 0.941. The second-order valence-corrected chi connectivity index (χ2v) is 7.34. The van der Waals surface area contributed by atoms with Gasteiger partial charge in [-0.25, -0.2) is 0 Å². The lowest BCUT2D eigenvalue weighted by atomic mass is 10.1. The van der Waals surface area contributed by atoms with Crippen molar-refractivity contribution in [2.24, 2.45) is 0 Å². The van der Waals surface area contributed by atoms with Crippen molar-refractivity contribution in [3.8, 4) is 11.8 Å². The number of hydrogen-bond acceptors (Lipinski definition) is 5. The third-order valence-corrected chi connectivity index (χ3v) is 5.16. The molecule has 1 aliphatic heterocycles. The van der Waals surface area contributed by atoms with Crippen LogP contribution in [0, 0.1) is 11.3 Å². The van der Waals surface area contributed by atoms with Gasteiger partial charge in [0.25, 0.3) is 5.91 Å². The van der Waals surface area contributed by atoms with E-state index in [1.165, 1.54) is 0 Å². The number of benzene rings is 2. The summed E-state index contributed by atoms with van der Waals surface area (Å²) in [6.45, 7) is 6.37.